The predicted molar refractivity (Wildman–Crippen MR) is 96.2 cm³/mol. The van der Waals surface area contributed by atoms with Crippen molar-refractivity contribution < 1.29 is 26.4 Å². The number of halogens is 4. The summed E-state index contributed by atoms with van der Waals surface area (Å²) >= 11 is 1.73. The van der Waals surface area contributed by atoms with Gasteiger partial charge in [-0.15, -0.1) is 0 Å². The molecule has 26 heavy (non-hydrogen) atoms. The summed E-state index contributed by atoms with van der Waals surface area (Å²) in [7, 11) is -3.96. The van der Waals surface area contributed by atoms with E-state index in [4.69, 9.17) is 0 Å². The van der Waals surface area contributed by atoms with Crippen LogP contribution in [-0.4, -0.2) is 29.7 Å². The molecule has 1 aromatic heterocycles. The van der Waals surface area contributed by atoms with Crippen LogP contribution in [0.4, 0.5) is 18.9 Å². The molecule has 0 saturated heterocycles. The van der Waals surface area contributed by atoms with Crippen molar-refractivity contribution in [3.05, 3.63) is 52.2 Å². The topological polar surface area (TPSA) is 81.1 Å². The number of benzene rings is 2. The predicted octanol–water partition coefficient (Wildman–Crippen LogP) is 3.38. The zero-order valence-electron chi connectivity index (χ0n) is 12.7. The van der Waals surface area contributed by atoms with E-state index in [2.05, 4.69) is 5.10 Å². The second kappa shape index (κ2) is 6.54. The lowest BCUT2D eigenvalue weighted by atomic mass is 10.2. The standard InChI is InChI=1S/C15H9F3IN3O3S/c16-15(17,18)14(23)21-11-6-7-12-10(13(11)19)8-20-22(12)26(24,25)9-4-2-1-3-5-9/h1-8H,(H,21,23). The van der Waals surface area contributed by atoms with Crippen LogP contribution in [0.1, 0.15) is 0 Å². The molecule has 0 unspecified atom stereocenters. The van der Waals surface area contributed by atoms with Gasteiger partial charge in [-0.2, -0.15) is 30.8 Å². The maximum Gasteiger partial charge on any atom is 0.471 e. The lowest BCUT2D eigenvalue weighted by Crippen LogP contribution is -2.30. The molecule has 0 spiro atoms. The van der Waals surface area contributed by atoms with Crippen molar-refractivity contribution in [2.24, 2.45) is 0 Å². The normalized spacial score (nSPS) is 12.3. The Morgan fingerprint density at radius 3 is 2.38 bits per heavy atom. The van der Waals surface area contributed by atoms with Gasteiger partial charge < -0.3 is 5.32 Å². The average molecular weight is 495 g/mol. The quantitative estimate of drug-likeness (QED) is 0.566. The molecule has 3 aromatic rings. The number of alkyl halides is 3. The van der Waals surface area contributed by atoms with Gasteiger partial charge in [0.1, 0.15) is 0 Å². The van der Waals surface area contributed by atoms with Gasteiger partial charge in [-0.05, 0) is 46.9 Å². The fourth-order valence-corrected chi connectivity index (χ4v) is 4.24. The lowest BCUT2D eigenvalue weighted by Gasteiger charge is -2.11. The van der Waals surface area contributed by atoms with Crippen LogP contribution in [0, 0.1) is 3.57 Å². The Bertz CT molecular complexity index is 1100. The number of amides is 1. The molecule has 2 aromatic carbocycles. The van der Waals surface area contributed by atoms with E-state index in [-0.39, 0.29) is 19.7 Å². The van der Waals surface area contributed by atoms with E-state index < -0.39 is 22.1 Å². The average Bonchev–Trinajstić information content (AvgIpc) is 3.03. The van der Waals surface area contributed by atoms with E-state index in [1.54, 1.807) is 46.1 Å². The number of hydrogen-bond acceptors (Lipinski definition) is 4. The second-order valence-electron chi connectivity index (χ2n) is 5.12. The Morgan fingerprint density at radius 1 is 1.12 bits per heavy atom. The minimum Gasteiger partial charge on any atom is -0.317 e. The van der Waals surface area contributed by atoms with E-state index in [1.165, 1.54) is 30.5 Å². The number of aromatic nitrogens is 2. The molecule has 0 bridgehead atoms. The molecule has 0 fully saturated rings. The van der Waals surface area contributed by atoms with Gasteiger partial charge in [0, 0.05) is 8.96 Å². The first-order chi connectivity index (χ1) is 12.1. The second-order valence-corrected chi connectivity index (χ2v) is 7.96. The zero-order valence-corrected chi connectivity index (χ0v) is 15.6. The summed E-state index contributed by atoms with van der Waals surface area (Å²) in [6.07, 6.45) is -3.81. The highest BCUT2D eigenvalue weighted by atomic mass is 127. The van der Waals surface area contributed by atoms with Gasteiger partial charge in [-0.1, -0.05) is 18.2 Å². The van der Waals surface area contributed by atoms with Crippen LogP contribution in [0.3, 0.4) is 0 Å². The number of nitrogens with one attached hydrogen (secondary N) is 1. The first-order valence-electron chi connectivity index (χ1n) is 6.97. The van der Waals surface area contributed by atoms with E-state index in [0.29, 0.717) is 5.39 Å². The van der Waals surface area contributed by atoms with Crippen molar-refractivity contribution in [3.63, 3.8) is 0 Å². The molecule has 0 aliphatic rings. The Balaban J connectivity index is 2.08. The maximum atomic E-state index is 12.7. The lowest BCUT2D eigenvalue weighted by molar-refractivity contribution is -0.167. The molecule has 3 rings (SSSR count). The van der Waals surface area contributed by atoms with Gasteiger partial charge in [0.15, 0.2) is 0 Å². The van der Waals surface area contributed by atoms with Crippen LogP contribution in [0.25, 0.3) is 10.9 Å². The smallest absolute Gasteiger partial charge is 0.317 e. The third kappa shape index (κ3) is 3.28. The highest BCUT2D eigenvalue weighted by molar-refractivity contribution is 14.1. The third-order valence-corrected chi connectivity index (χ3v) is 6.21. The minimum absolute atomic E-state index is 0.0226. The molecule has 1 amide bonds. The van der Waals surface area contributed by atoms with Crippen molar-refractivity contribution >= 4 is 55.1 Å². The van der Waals surface area contributed by atoms with Gasteiger partial charge in [0.25, 0.3) is 10.0 Å². The molecule has 0 aliphatic heterocycles. The van der Waals surface area contributed by atoms with Crippen LogP contribution in [-0.2, 0) is 14.8 Å². The third-order valence-electron chi connectivity index (χ3n) is 3.43. The van der Waals surface area contributed by atoms with Crippen molar-refractivity contribution in [3.8, 4) is 0 Å². The molecule has 1 N–H and O–H groups in total. The van der Waals surface area contributed by atoms with Crippen molar-refractivity contribution in [1.82, 2.24) is 9.19 Å². The monoisotopic (exact) mass is 495 g/mol. The summed E-state index contributed by atoms with van der Waals surface area (Å²) in [5, 5.41) is 5.92. The van der Waals surface area contributed by atoms with Gasteiger partial charge in [0.05, 0.1) is 22.3 Å². The van der Waals surface area contributed by atoms with Crippen LogP contribution in [0.15, 0.2) is 53.6 Å². The van der Waals surface area contributed by atoms with E-state index in [0.717, 1.165) is 4.09 Å². The van der Waals surface area contributed by atoms with Crippen LogP contribution in [0.5, 0.6) is 0 Å². The largest absolute Gasteiger partial charge is 0.471 e. The highest BCUT2D eigenvalue weighted by Gasteiger charge is 2.39. The fraction of sp³-hybridized carbons (Fsp3) is 0.0667. The number of carbonyl (C=O) groups is 1. The summed E-state index contributed by atoms with van der Waals surface area (Å²) in [5.74, 6) is -2.11. The van der Waals surface area contributed by atoms with Crippen molar-refractivity contribution in [1.29, 1.82) is 0 Å². The first kappa shape index (κ1) is 18.6. The van der Waals surface area contributed by atoms with Crippen molar-refractivity contribution in [2.45, 2.75) is 11.1 Å². The Hall–Kier alpha value is -2.15. The molecule has 0 saturated carbocycles. The van der Waals surface area contributed by atoms with Gasteiger partial charge in [-0.3, -0.25) is 4.79 Å². The molecule has 136 valence electrons. The minimum atomic E-state index is -5.03. The Morgan fingerprint density at radius 2 is 1.77 bits per heavy atom. The van der Waals surface area contributed by atoms with Crippen LogP contribution >= 0.6 is 22.6 Å². The van der Waals surface area contributed by atoms with E-state index in [9.17, 15) is 26.4 Å². The summed E-state index contributed by atoms with van der Waals surface area (Å²) in [6.45, 7) is 0. The molecule has 0 radical (unpaired) electrons. The Kier molecular flexibility index (Phi) is 4.69. The maximum absolute atomic E-state index is 12.7. The van der Waals surface area contributed by atoms with E-state index in [1.807, 2.05) is 0 Å². The summed E-state index contributed by atoms with van der Waals surface area (Å²) < 4.78 is 63.7. The van der Waals surface area contributed by atoms with E-state index >= 15 is 0 Å². The molecule has 0 atom stereocenters. The molecule has 1 heterocycles. The molecule has 11 heteroatoms. The number of fused-ring (bicyclic) bond motifs is 1. The van der Waals surface area contributed by atoms with Crippen molar-refractivity contribution in [2.75, 3.05) is 5.32 Å². The first-order valence-corrected chi connectivity index (χ1v) is 9.49. The van der Waals surface area contributed by atoms with Crippen LogP contribution in [0.2, 0.25) is 0 Å². The molecular formula is C15H9F3IN3O3S. The fourth-order valence-electron chi connectivity index (χ4n) is 2.22. The summed E-state index contributed by atoms with van der Waals surface area (Å²) in [4.78, 5) is 11.1. The SMILES string of the molecule is O=C(Nc1ccc2c(cnn2S(=O)(=O)c2ccccc2)c1I)C(F)(F)F. The highest BCUT2D eigenvalue weighted by Crippen LogP contribution is 2.30. The summed E-state index contributed by atoms with van der Waals surface area (Å²) in [6, 6.07) is 10.1. The van der Waals surface area contributed by atoms with Gasteiger partial charge in [-0.25, -0.2) is 0 Å². The van der Waals surface area contributed by atoms with Gasteiger partial charge >= 0.3 is 12.1 Å². The molecule has 6 nitrogen and oxygen atoms in total. The molecular weight excluding hydrogens is 486 g/mol. The Labute approximate surface area is 159 Å². The van der Waals surface area contributed by atoms with Gasteiger partial charge in [0.2, 0.25) is 0 Å². The van der Waals surface area contributed by atoms with Crippen LogP contribution < -0.4 is 5.32 Å². The zero-order chi connectivity index (χ0) is 19.1. The number of nitrogens with zero attached hydrogens (tertiary/aromatic N) is 2. The summed E-state index contributed by atoms with van der Waals surface area (Å²) in [5.41, 5.74) is 0.0975. The number of hydrogen-bond donors (Lipinski definition) is 1. The number of anilines is 1. The number of rotatable bonds is 3. The number of carbonyl (C=O) groups excluding carboxylic acids is 1. The molecule has 0 aliphatic carbocycles.